The zero-order chi connectivity index (χ0) is 22.3. The number of anilines is 2. The minimum absolute atomic E-state index is 0.244. The number of hydrogen-bond donors (Lipinski definition) is 0. The van der Waals surface area contributed by atoms with E-state index in [-0.39, 0.29) is 5.97 Å². The number of fused-ring (bicyclic) bond motifs is 2. The van der Waals surface area contributed by atoms with E-state index in [0.29, 0.717) is 19.3 Å². The number of hydrogen-bond acceptors (Lipinski definition) is 8. The summed E-state index contributed by atoms with van der Waals surface area (Å²) in [5.41, 5.74) is 2.42. The average molecular weight is 455 g/mol. The molecule has 0 atom stereocenters. The zero-order valence-electron chi connectivity index (χ0n) is 18.7. The molecule has 8 heteroatoms. The van der Waals surface area contributed by atoms with E-state index < -0.39 is 0 Å². The molecule has 32 heavy (non-hydrogen) atoms. The third-order valence-electron chi connectivity index (χ3n) is 5.80. The Kier molecular flexibility index (Phi) is 7.78. The summed E-state index contributed by atoms with van der Waals surface area (Å²) in [5.74, 6) is 1.23. The van der Waals surface area contributed by atoms with Crippen LogP contribution in [0.4, 0.5) is 11.5 Å². The molecule has 1 saturated heterocycles. The van der Waals surface area contributed by atoms with Crippen LogP contribution in [0.1, 0.15) is 31.7 Å². The summed E-state index contributed by atoms with van der Waals surface area (Å²) in [6.07, 6.45) is 10.2. The van der Waals surface area contributed by atoms with Crippen molar-refractivity contribution in [2.24, 2.45) is 5.92 Å². The summed E-state index contributed by atoms with van der Waals surface area (Å²) < 4.78 is 10.4. The lowest BCUT2D eigenvalue weighted by molar-refractivity contribution is -0.137. The summed E-state index contributed by atoms with van der Waals surface area (Å²) in [6.45, 7) is 5.75. The predicted octanol–water partition coefficient (Wildman–Crippen LogP) is 4.40. The SMILES string of the molecule is CCOC(=O)C=CCC1CCN(Cc2ccc3c(c2)N(COC)c2nccnc2S3)CC1. The molecule has 0 spiro atoms. The molecule has 0 unspecified atom stereocenters. The van der Waals surface area contributed by atoms with Crippen LogP contribution >= 0.6 is 11.8 Å². The molecule has 3 heterocycles. The molecule has 2 aliphatic rings. The topological polar surface area (TPSA) is 67.8 Å². The van der Waals surface area contributed by atoms with Crippen LogP contribution in [0.2, 0.25) is 0 Å². The first kappa shape index (κ1) is 22.8. The number of carbonyl (C=O) groups excluding carboxylic acids is 1. The van der Waals surface area contributed by atoms with E-state index in [1.54, 1.807) is 37.3 Å². The quantitative estimate of drug-likeness (QED) is 0.429. The van der Waals surface area contributed by atoms with E-state index in [0.717, 1.165) is 55.4 Å². The number of piperidine rings is 1. The molecule has 1 aromatic heterocycles. The van der Waals surface area contributed by atoms with Gasteiger partial charge in [0.25, 0.3) is 0 Å². The maximum atomic E-state index is 11.4. The molecular weight excluding hydrogens is 424 g/mol. The van der Waals surface area contributed by atoms with Gasteiger partial charge in [0.2, 0.25) is 0 Å². The molecule has 0 bridgehead atoms. The Morgan fingerprint density at radius 1 is 1.25 bits per heavy atom. The van der Waals surface area contributed by atoms with E-state index >= 15 is 0 Å². The lowest BCUT2D eigenvalue weighted by atomic mass is 9.93. The van der Waals surface area contributed by atoms with Crippen molar-refractivity contribution in [3.63, 3.8) is 0 Å². The molecule has 2 aliphatic heterocycles. The lowest BCUT2D eigenvalue weighted by Gasteiger charge is -2.33. The van der Waals surface area contributed by atoms with Crippen molar-refractivity contribution in [2.75, 3.05) is 38.4 Å². The van der Waals surface area contributed by atoms with Crippen molar-refractivity contribution in [1.82, 2.24) is 14.9 Å². The van der Waals surface area contributed by atoms with Gasteiger partial charge in [0.15, 0.2) is 5.82 Å². The average Bonchev–Trinajstić information content (AvgIpc) is 2.81. The molecule has 0 N–H and O–H groups in total. The summed E-state index contributed by atoms with van der Waals surface area (Å²) >= 11 is 1.66. The Labute approximate surface area is 193 Å². The number of aromatic nitrogens is 2. The Hall–Kier alpha value is -2.42. The van der Waals surface area contributed by atoms with Crippen LogP contribution in [0, 0.1) is 5.92 Å². The third-order valence-corrected chi connectivity index (χ3v) is 6.85. The van der Waals surface area contributed by atoms with E-state index in [1.165, 1.54) is 10.5 Å². The number of carbonyl (C=O) groups is 1. The maximum absolute atomic E-state index is 11.4. The van der Waals surface area contributed by atoms with Gasteiger partial charge in [0, 0.05) is 37.0 Å². The van der Waals surface area contributed by atoms with Crippen molar-refractivity contribution < 1.29 is 14.3 Å². The number of likely N-dealkylation sites (tertiary alicyclic amines) is 1. The molecule has 2 aromatic rings. The van der Waals surface area contributed by atoms with Crippen molar-refractivity contribution in [1.29, 1.82) is 0 Å². The molecule has 0 amide bonds. The van der Waals surface area contributed by atoms with Crippen molar-refractivity contribution in [3.8, 4) is 0 Å². The largest absolute Gasteiger partial charge is 0.463 e. The van der Waals surface area contributed by atoms with Crippen LogP contribution in [0.5, 0.6) is 0 Å². The number of methoxy groups -OCH3 is 1. The van der Waals surface area contributed by atoms with Gasteiger partial charge in [0.05, 0.1) is 12.3 Å². The van der Waals surface area contributed by atoms with Crippen molar-refractivity contribution in [2.45, 2.75) is 42.7 Å². The molecular formula is C24H30N4O3S. The highest BCUT2D eigenvalue weighted by Gasteiger charge is 2.26. The van der Waals surface area contributed by atoms with E-state index in [2.05, 4.69) is 38.0 Å². The van der Waals surface area contributed by atoms with Gasteiger partial charge in [-0.05, 0) is 62.9 Å². The summed E-state index contributed by atoms with van der Waals surface area (Å²) in [4.78, 5) is 26.2. The molecule has 7 nitrogen and oxygen atoms in total. The highest BCUT2D eigenvalue weighted by atomic mass is 32.2. The van der Waals surface area contributed by atoms with Crippen LogP contribution in [0.3, 0.4) is 0 Å². The number of benzene rings is 1. The fourth-order valence-electron chi connectivity index (χ4n) is 4.20. The fraction of sp³-hybridized carbons (Fsp3) is 0.458. The Morgan fingerprint density at radius 2 is 2.06 bits per heavy atom. The second kappa shape index (κ2) is 10.9. The normalized spacial score (nSPS) is 16.8. The van der Waals surface area contributed by atoms with Crippen LogP contribution < -0.4 is 4.90 Å². The third kappa shape index (κ3) is 5.49. The Bertz CT molecular complexity index is 960. The standard InChI is InChI=1S/C24H30N4O3S/c1-3-31-22(29)6-4-5-18-9-13-27(14-10-18)16-19-7-8-21-20(15-19)28(17-30-2)23-24(32-21)26-12-11-25-23/h4,6-8,11-12,15,18H,3,5,9-10,13-14,16-17H2,1-2H3. The molecule has 0 aliphatic carbocycles. The Morgan fingerprint density at radius 3 is 2.84 bits per heavy atom. The van der Waals surface area contributed by atoms with Crippen LogP contribution in [-0.4, -0.2) is 54.4 Å². The predicted molar refractivity (Wildman–Crippen MR) is 125 cm³/mol. The van der Waals surface area contributed by atoms with E-state index in [9.17, 15) is 4.79 Å². The van der Waals surface area contributed by atoms with Gasteiger partial charge in [-0.2, -0.15) is 0 Å². The summed E-state index contributed by atoms with van der Waals surface area (Å²) in [7, 11) is 1.70. The van der Waals surface area contributed by atoms with Gasteiger partial charge in [-0.25, -0.2) is 14.8 Å². The highest BCUT2D eigenvalue weighted by molar-refractivity contribution is 7.99. The van der Waals surface area contributed by atoms with Gasteiger partial charge in [-0.1, -0.05) is 23.9 Å². The lowest BCUT2D eigenvalue weighted by Crippen LogP contribution is -2.33. The zero-order valence-corrected chi connectivity index (χ0v) is 19.5. The number of ether oxygens (including phenoxy) is 2. The smallest absolute Gasteiger partial charge is 0.330 e. The molecule has 0 saturated carbocycles. The minimum atomic E-state index is -0.244. The van der Waals surface area contributed by atoms with Crippen LogP contribution in [-0.2, 0) is 20.8 Å². The first-order chi connectivity index (χ1) is 15.7. The molecule has 1 aromatic carbocycles. The minimum Gasteiger partial charge on any atom is -0.463 e. The Balaban J connectivity index is 1.36. The van der Waals surface area contributed by atoms with E-state index in [1.807, 2.05) is 13.0 Å². The second-order valence-corrected chi connectivity index (χ2v) is 9.08. The van der Waals surface area contributed by atoms with E-state index in [4.69, 9.17) is 9.47 Å². The van der Waals surface area contributed by atoms with Crippen LogP contribution in [0.15, 0.2) is 52.7 Å². The molecule has 170 valence electrons. The van der Waals surface area contributed by atoms with Gasteiger partial charge in [0.1, 0.15) is 11.8 Å². The van der Waals surface area contributed by atoms with Gasteiger partial charge in [-0.15, -0.1) is 0 Å². The van der Waals surface area contributed by atoms with Crippen molar-refractivity contribution in [3.05, 3.63) is 48.3 Å². The first-order valence-electron chi connectivity index (χ1n) is 11.1. The molecule has 1 fully saturated rings. The monoisotopic (exact) mass is 454 g/mol. The van der Waals surface area contributed by atoms with Gasteiger partial charge in [-0.3, -0.25) is 9.80 Å². The van der Waals surface area contributed by atoms with Crippen molar-refractivity contribution >= 4 is 29.2 Å². The fourth-order valence-corrected chi connectivity index (χ4v) is 5.18. The number of rotatable bonds is 8. The molecule has 4 rings (SSSR count). The number of allylic oxidation sites excluding steroid dienone is 1. The molecule has 0 radical (unpaired) electrons. The summed E-state index contributed by atoms with van der Waals surface area (Å²) in [5, 5.41) is 0.906. The first-order valence-corrected chi connectivity index (χ1v) is 11.9. The van der Waals surface area contributed by atoms with Gasteiger partial charge >= 0.3 is 5.97 Å². The number of esters is 1. The number of nitrogens with zero attached hydrogens (tertiary/aromatic N) is 4. The van der Waals surface area contributed by atoms with Crippen LogP contribution in [0.25, 0.3) is 0 Å². The second-order valence-electron chi connectivity index (χ2n) is 8.04. The van der Waals surface area contributed by atoms with Gasteiger partial charge < -0.3 is 9.47 Å². The summed E-state index contributed by atoms with van der Waals surface area (Å²) in [6, 6.07) is 6.65. The highest BCUT2D eigenvalue weighted by Crippen LogP contribution is 2.46. The maximum Gasteiger partial charge on any atom is 0.330 e.